The van der Waals surface area contributed by atoms with Crippen molar-refractivity contribution in [2.45, 2.75) is 12.4 Å². The fraction of sp³-hybridized carbons (Fsp3) is 0.176. The molecule has 25 heavy (non-hydrogen) atoms. The van der Waals surface area contributed by atoms with Crippen LogP contribution in [0.4, 0.5) is 5.69 Å². The third kappa shape index (κ3) is 5.56. The molecule has 0 aliphatic rings. The zero-order valence-electron chi connectivity index (χ0n) is 13.5. The lowest BCUT2D eigenvalue weighted by molar-refractivity contribution is -0.122. The normalized spacial score (nSPS) is 11.4. The minimum atomic E-state index is -1.70. The van der Waals surface area contributed by atoms with Crippen LogP contribution in [0.15, 0.2) is 59.8 Å². The van der Waals surface area contributed by atoms with Crippen LogP contribution < -0.4 is 10.2 Å². The summed E-state index contributed by atoms with van der Waals surface area (Å²) in [5.41, 5.74) is 1.45. The molecule has 1 heterocycles. The number of nitrogens with zero attached hydrogens (tertiary/aromatic N) is 1. The molecule has 1 aromatic heterocycles. The first-order chi connectivity index (χ1) is 12.0. The number of anilines is 1. The molecule has 0 radical (unpaired) electrons. The smallest absolute Gasteiger partial charge is 0.426 e. The maximum Gasteiger partial charge on any atom is 0.475 e. The van der Waals surface area contributed by atoms with Crippen molar-refractivity contribution in [2.24, 2.45) is 0 Å². The summed E-state index contributed by atoms with van der Waals surface area (Å²) in [5.74, 6) is -1.77. The summed E-state index contributed by atoms with van der Waals surface area (Å²) < 4.78 is 0. The summed E-state index contributed by atoms with van der Waals surface area (Å²) in [4.78, 5) is 25.7. The largest absolute Gasteiger partial charge is 0.475 e. The van der Waals surface area contributed by atoms with Crippen molar-refractivity contribution in [1.82, 2.24) is 5.32 Å². The summed E-state index contributed by atoms with van der Waals surface area (Å²) >= 11 is 1.49. The second kappa shape index (κ2) is 9.17. The van der Waals surface area contributed by atoms with E-state index < -0.39 is 24.9 Å². The van der Waals surface area contributed by atoms with Crippen molar-refractivity contribution < 1.29 is 19.6 Å². The van der Waals surface area contributed by atoms with Gasteiger partial charge in [0, 0.05) is 5.69 Å². The van der Waals surface area contributed by atoms with Gasteiger partial charge >= 0.3 is 7.12 Å². The van der Waals surface area contributed by atoms with Crippen LogP contribution in [0.5, 0.6) is 0 Å². The van der Waals surface area contributed by atoms with Crippen molar-refractivity contribution in [3.05, 3.63) is 65.4 Å². The molecule has 0 fully saturated rings. The quantitative estimate of drug-likeness (QED) is 0.485. The summed E-state index contributed by atoms with van der Waals surface area (Å²) in [5, 5.41) is 25.3. The second-order valence-corrected chi connectivity index (χ2v) is 6.17. The molecule has 8 heteroatoms. The van der Waals surface area contributed by atoms with Crippen LogP contribution in [0.2, 0.25) is 0 Å². The highest BCUT2D eigenvalue weighted by Crippen LogP contribution is 2.14. The number of rotatable bonds is 8. The SMILES string of the molecule is C=CC(=O)N(CC(=O)NC(Cc1ccsc1)B(O)O)c1ccccc1. The van der Waals surface area contributed by atoms with E-state index in [0.29, 0.717) is 5.69 Å². The third-order valence-electron chi connectivity index (χ3n) is 3.55. The summed E-state index contributed by atoms with van der Waals surface area (Å²) in [6.45, 7) is 3.20. The van der Waals surface area contributed by atoms with Crippen molar-refractivity contribution in [3.8, 4) is 0 Å². The van der Waals surface area contributed by atoms with Gasteiger partial charge in [-0.25, -0.2) is 0 Å². The lowest BCUT2D eigenvalue weighted by Crippen LogP contribution is -2.51. The van der Waals surface area contributed by atoms with Crippen molar-refractivity contribution >= 4 is 36.0 Å². The van der Waals surface area contributed by atoms with Gasteiger partial charge in [0.25, 0.3) is 5.91 Å². The van der Waals surface area contributed by atoms with Gasteiger partial charge < -0.3 is 15.4 Å². The molecule has 1 atom stereocenters. The number of amides is 2. The second-order valence-electron chi connectivity index (χ2n) is 5.39. The summed E-state index contributed by atoms with van der Waals surface area (Å²) in [6, 6.07) is 10.6. The average Bonchev–Trinajstić information content (AvgIpc) is 3.12. The predicted octanol–water partition coefficient (Wildman–Crippen LogP) is 1.01. The molecule has 0 aliphatic carbocycles. The number of carbonyl (C=O) groups excluding carboxylic acids is 2. The maximum absolute atomic E-state index is 12.3. The molecule has 1 unspecified atom stereocenters. The number of carbonyl (C=O) groups is 2. The molecule has 1 aromatic carbocycles. The number of hydrogen-bond acceptors (Lipinski definition) is 5. The van der Waals surface area contributed by atoms with Gasteiger partial charge in [-0.05, 0) is 47.0 Å². The number of thiophene rings is 1. The van der Waals surface area contributed by atoms with Crippen LogP contribution in [0.25, 0.3) is 0 Å². The number of nitrogens with one attached hydrogen (secondary N) is 1. The van der Waals surface area contributed by atoms with Gasteiger partial charge in [0.2, 0.25) is 5.91 Å². The van der Waals surface area contributed by atoms with Crippen LogP contribution in [-0.4, -0.2) is 41.5 Å². The van der Waals surface area contributed by atoms with Gasteiger partial charge in [-0.3, -0.25) is 14.5 Å². The molecular formula is C17H19BN2O4S. The Bertz CT molecular complexity index is 707. The van der Waals surface area contributed by atoms with Crippen LogP contribution in [0, 0.1) is 0 Å². The molecule has 0 saturated heterocycles. The van der Waals surface area contributed by atoms with Crippen LogP contribution in [0.1, 0.15) is 5.56 Å². The molecule has 0 aliphatic heterocycles. The Hall–Kier alpha value is -2.42. The molecule has 6 nitrogen and oxygen atoms in total. The van der Waals surface area contributed by atoms with Crippen LogP contribution >= 0.6 is 11.3 Å². The molecular weight excluding hydrogens is 339 g/mol. The van der Waals surface area contributed by atoms with Gasteiger partial charge in [0.1, 0.15) is 6.54 Å². The Labute approximate surface area is 150 Å². The number of hydrogen-bond donors (Lipinski definition) is 3. The Morgan fingerprint density at radius 3 is 2.56 bits per heavy atom. The van der Waals surface area contributed by atoms with E-state index in [1.165, 1.54) is 16.2 Å². The Morgan fingerprint density at radius 2 is 2.00 bits per heavy atom. The minimum absolute atomic E-state index is 0.248. The van der Waals surface area contributed by atoms with E-state index in [4.69, 9.17) is 0 Å². The average molecular weight is 358 g/mol. The number of benzene rings is 1. The van der Waals surface area contributed by atoms with Crippen molar-refractivity contribution in [2.75, 3.05) is 11.4 Å². The van der Waals surface area contributed by atoms with Crippen LogP contribution in [0.3, 0.4) is 0 Å². The van der Waals surface area contributed by atoms with E-state index in [2.05, 4.69) is 11.9 Å². The summed E-state index contributed by atoms with van der Waals surface area (Å²) in [7, 11) is -1.70. The zero-order valence-corrected chi connectivity index (χ0v) is 14.4. The van der Waals surface area contributed by atoms with Crippen molar-refractivity contribution in [3.63, 3.8) is 0 Å². The van der Waals surface area contributed by atoms with E-state index in [0.717, 1.165) is 11.6 Å². The van der Waals surface area contributed by atoms with Crippen LogP contribution in [-0.2, 0) is 16.0 Å². The molecule has 130 valence electrons. The maximum atomic E-state index is 12.3. The molecule has 0 bridgehead atoms. The predicted molar refractivity (Wildman–Crippen MR) is 99.1 cm³/mol. The molecule has 0 saturated carbocycles. The lowest BCUT2D eigenvalue weighted by atomic mass is 9.76. The van der Waals surface area contributed by atoms with Crippen molar-refractivity contribution in [1.29, 1.82) is 0 Å². The molecule has 3 N–H and O–H groups in total. The molecule has 2 aromatic rings. The Balaban J connectivity index is 2.06. The standard InChI is InChI=1S/C17H19BN2O4S/c1-2-17(22)20(14-6-4-3-5-7-14)11-16(21)19-15(18(23)24)10-13-8-9-25-12-13/h2-9,12,15,23-24H,1,10-11H2,(H,19,21). The first kappa shape index (κ1) is 18.9. The highest BCUT2D eigenvalue weighted by Gasteiger charge is 2.27. The first-order valence-corrected chi connectivity index (χ1v) is 8.61. The van der Waals surface area contributed by atoms with E-state index in [-0.39, 0.29) is 13.0 Å². The van der Waals surface area contributed by atoms with Gasteiger partial charge in [0.15, 0.2) is 0 Å². The fourth-order valence-corrected chi connectivity index (χ4v) is 2.99. The third-order valence-corrected chi connectivity index (χ3v) is 4.28. The van der Waals surface area contributed by atoms with Gasteiger partial charge in [0.05, 0.1) is 5.94 Å². The number of para-hydroxylation sites is 1. The highest BCUT2D eigenvalue weighted by molar-refractivity contribution is 7.07. The lowest BCUT2D eigenvalue weighted by Gasteiger charge is -2.23. The first-order valence-electron chi connectivity index (χ1n) is 7.67. The van der Waals surface area contributed by atoms with Gasteiger partial charge in [-0.2, -0.15) is 11.3 Å². The highest BCUT2D eigenvalue weighted by atomic mass is 32.1. The van der Waals surface area contributed by atoms with Gasteiger partial charge in [-0.1, -0.05) is 24.8 Å². The van der Waals surface area contributed by atoms with E-state index in [1.54, 1.807) is 30.3 Å². The molecule has 2 rings (SSSR count). The van der Waals surface area contributed by atoms with E-state index in [1.807, 2.05) is 16.8 Å². The zero-order chi connectivity index (χ0) is 18.2. The Morgan fingerprint density at radius 1 is 1.28 bits per heavy atom. The van der Waals surface area contributed by atoms with E-state index in [9.17, 15) is 19.6 Å². The molecule has 2 amide bonds. The monoisotopic (exact) mass is 358 g/mol. The van der Waals surface area contributed by atoms with E-state index >= 15 is 0 Å². The summed E-state index contributed by atoms with van der Waals surface area (Å²) in [6.07, 6.45) is 1.41. The topological polar surface area (TPSA) is 89.9 Å². The fourth-order valence-electron chi connectivity index (χ4n) is 2.30. The van der Waals surface area contributed by atoms with Gasteiger partial charge in [-0.15, -0.1) is 0 Å². The minimum Gasteiger partial charge on any atom is -0.426 e. The molecule has 0 spiro atoms. The Kier molecular flexibility index (Phi) is 6.94.